The first-order valence-electron chi connectivity index (χ1n) is 3.04. The summed E-state index contributed by atoms with van der Waals surface area (Å²) in [4.78, 5) is 3.52. The van der Waals surface area contributed by atoms with E-state index in [0.717, 1.165) is 5.69 Å². The van der Waals surface area contributed by atoms with Gasteiger partial charge in [-0.25, -0.2) is 0 Å². The summed E-state index contributed by atoms with van der Waals surface area (Å²) in [5.74, 6) is 0.383. The molecule has 0 amide bonds. The molecule has 5 heteroatoms. The number of hydrogen-bond donors (Lipinski definition) is 0. The fourth-order valence-electron chi connectivity index (χ4n) is 0.694. The van der Waals surface area contributed by atoms with Crippen LogP contribution in [0.3, 0.4) is 0 Å². The zero-order chi connectivity index (χ0) is 8.27. The molecule has 0 aliphatic carbocycles. The van der Waals surface area contributed by atoms with Crippen molar-refractivity contribution >= 4 is 47.2 Å². The van der Waals surface area contributed by atoms with Crippen LogP contribution in [0, 0.1) is 0 Å². The highest BCUT2D eigenvalue weighted by Gasteiger charge is 2.04. The smallest absolute Gasteiger partial charge is 0.149 e. The van der Waals surface area contributed by atoms with E-state index in [1.807, 2.05) is 12.1 Å². The maximum atomic E-state index is 5.59. The van der Waals surface area contributed by atoms with E-state index >= 15 is 0 Å². The van der Waals surface area contributed by atoms with Gasteiger partial charge in [0, 0.05) is 0 Å². The fourth-order valence-corrected chi connectivity index (χ4v) is 1.09. The Morgan fingerprint density at radius 3 is 2.50 bits per heavy atom. The average molecular weight is 247 g/mol. The maximum absolute atomic E-state index is 5.59. The molecule has 1 aromatic heterocycles. The lowest BCUT2D eigenvalue weighted by atomic mass is 10.3. The van der Waals surface area contributed by atoms with E-state index in [9.17, 15) is 0 Å². The molecule has 0 aliphatic rings. The number of halogens is 4. The molecule has 0 aromatic carbocycles. The highest BCUT2D eigenvalue weighted by atomic mass is 35.5. The standard InChI is InChI=1S/C7H6Cl3N.ClH/c8-4-5-2-1-3-6(11-5)7(9)10;/h1-3,7H,4H2;1H. The molecule has 0 aliphatic heterocycles. The zero-order valence-corrected chi connectivity index (χ0v) is 9.09. The summed E-state index contributed by atoms with van der Waals surface area (Å²) >= 11 is 16.7. The summed E-state index contributed by atoms with van der Waals surface area (Å²) in [5, 5.41) is 0. The summed E-state index contributed by atoms with van der Waals surface area (Å²) in [6, 6.07) is 5.42. The number of aromatic nitrogens is 1. The van der Waals surface area contributed by atoms with E-state index in [1.165, 1.54) is 0 Å². The van der Waals surface area contributed by atoms with Gasteiger partial charge in [-0.2, -0.15) is 0 Å². The molecule has 1 aromatic rings. The predicted octanol–water partition coefficient (Wildman–Crippen LogP) is 3.72. The van der Waals surface area contributed by atoms with Gasteiger partial charge in [0.25, 0.3) is 0 Å². The second-order valence-corrected chi connectivity index (χ2v) is 3.35. The summed E-state index contributed by atoms with van der Waals surface area (Å²) in [7, 11) is 0. The molecule has 0 saturated carbocycles. The van der Waals surface area contributed by atoms with Crippen molar-refractivity contribution in [1.29, 1.82) is 0 Å². The first-order valence-corrected chi connectivity index (χ1v) is 4.44. The van der Waals surface area contributed by atoms with E-state index in [0.29, 0.717) is 11.6 Å². The van der Waals surface area contributed by atoms with Gasteiger partial charge < -0.3 is 0 Å². The van der Waals surface area contributed by atoms with Gasteiger partial charge in [0.05, 0.1) is 17.3 Å². The molecule has 68 valence electrons. The zero-order valence-electron chi connectivity index (χ0n) is 6.01. The lowest BCUT2D eigenvalue weighted by Crippen LogP contribution is -1.91. The fraction of sp³-hybridized carbons (Fsp3) is 0.286. The van der Waals surface area contributed by atoms with Gasteiger partial charge >= 0.3 is 0 Å². The summed E-state index contributed by atoms with van der Waals surface area (Å²) < 4.78 is 0. The topological polar surface area (TPSA) is 12.9 Å². The molecule has 0 radical (unpaired) electrons. The lowest BCUT2D eigenvalue weighted by Gasteiger charge is -2.01. The lowest BCUT2D eigenvalue weighted by molar-refractivity contribution is 1.07. The predicted molar refractivity (Wildman–Crippen MR) is 55.5 cm³/mol. The number of alkyl halides is 3. The molecule has 0 fully saturated rings. The molecule has 1 heterocycles. The van der Waals surface area contributed by atoms with Crippen molar-refractivity contribution in [3.8, 4) is 0 Å². The van der Waals surface area contributed by atoms with Crippen LogP contribution < -0.4 is 0 Å². The van der Waals surface area contributed by atoms with Crippen LogP contribution >= 0.6 is 47.2 Å². The van der Waals surface area contributed by atoms with Crippen molar-refractivity contribution in [2.24, 2.45) is 0 Å². The third kappa shape index (κ3) is 3.36. The number of hydrogen-bond acceptors (Lipinski definition) is 1. The van der Waals surface area contributed by atoms with Gasteiger partial charge in [-0.15, -0.1) is 24.0 Å². The van der Waals surface area contributed by atoms with Crippen LogP contribution in [0.4, 0.5) is 0 Å². The molecule has 0 spiro atoms. The number of rotatable bonds is 2. The Morgan fingerprint density at radius 2 is 2.00 bits per heavy atom. The van der Waals surface area contributed by atoms with Crippen molar-refractivity contribution in [1.82, 2.24) is 4.98 Å². The highest BCUT2D eigenvalue weighted by molar-refractivity contribution is 6.43. The summed E-state index contributed by atoms with van der Waals surface area (Å²) in [6.07, 6.45) is 0. The van der Waals surface area contributed by atoms with Crippen LogP contribution in [-0.4, -0.2) is 4.98 Å². The Labute approximate surface area is 92.4 Å². The maximum Gasteiger partial charge on any atom is 0.149 e. The van der Waals surface area contributed by atoms with Gasteiger partial charge in [-0.3, -0.25) is 4.98 Å². The van der Waals surface area contributed by atoms with Gasteiger partial charge in [-0.05, 0) is 12.1 Å². The highest BCUT2D eigenvalue weighted by Crippen LogP contribution is 2.22. The van der Waals surface area contributed by atoms with Crippen LogP contribution in [-0.2, 0) is 5.88 Å². The Bertz CT molecular complexity index is 239. The molecule has 1 nitrogen and oxygen atoms in total. The SMILES string of the molecule is Cl.ClCc1cccc(C(Cl)Cl)n1. The summed E-state index contributed by atoms with van der Waals surface area (Å²) in [6.45, 7) is 0. The van der Waals surface area contributed by atoms with E-state index in [4.69, 9.17) is 34.8 Å². The molecular formula is C7H7Cl4N. The second kappa shape index (κ2) is 5.87. The largest absolute Gasteiger partial charge is 0.254 e. The molecule has 12 heavy (non-hydrogen) atoms. The van der Waals surface area contributed by atoms with Gasteiger partial charge in [0.2, 0.25) is 0 Å². The molecule has 0 saturated heterocycles. The molecule has 0 bridgehead atoms. The third-order valence-electron chi connectivity index (χ3n) is 1.19. The van der Waals surface area contributed by atoms with Crippen LogP contribution in [0.15, 0.2) is 18.2 Å². The monoisotopic (exact) mass is 245 g/mol. The third-order valence-corrected chi connectivity index (χ3v) is 1.91. The Balaban J connectivity index is 0.00000121. The summed E-state index contributed by atoms with van der Waals surface area (Å²) in [5.41, 5.74) is 1.43. The average Bonchev–Trinajstić information content (AvgIpc) is 2.05. The van der Waals surface area contributed by atoms with Gasteiger partial charge in [0.1, 0.15) is 4.84 Å². The van der Waals surface area contributed by atoms with E-state index in [-0.39, 0.29) is 12.4 Å². The van der Waals surface area contributed by atoms with Crippen LogP contribution in [0.25, 0.3) is 0 Å². The van der Waals surface area contributed by atoms with Gasteiger partial charge in [0.15, 0.2) is 0 Å². The van der Waals surface area contributed by atoms with E-state index in [1.54, 1.807) is 6.07 Å². The number of nitrogens with zero attached hydrogens (tertiary/aromatic N) is 1. The van der Waals surface area contributed by atoms with Crippen molar-refractivity contribution < 1.29 is 0 Å². The van der Waals surface area contributed by atoms with Crippen LogP contribution in [0.5, 0.6) is 0 Å². The van der Waals surface area contributed by atoms with Crippen LogP contribution in [0.1, 0.15) is 16.2 Å². The first-order chi connectivity index (χ1) is 5.24. The molecular weight excluding hydrogens is 240 g/mol. The van der Waals surface area contributed by atoms with Crippen LogP contribution in [0.2, 0.25) is 0 Å². The molecule has 1 rings (SSSR count). The second-order valence-electron chi connectivity index (χ2n) is 1.99. The number of pyridine rings is 1. The molecule has 0 atom stereocenters. The Kier molecular flexibility index (Phi) is 6.02. The van der Waals surface area contributed by atoms with E-state index < -0.39 is 4.84 Å². The van der Waals surface area contributed by atoms with Crippen molar-refractivity contribution in [3.05, 3.63) is 29.6 Å². The quantitative estimate of drug-likeness (QED) is 0.725. The first kappa shape index (κ1) is 12.3. The minimum Gasteiger partial charge on any atom is -0.254 e. The minimum atomic E-state index is -0.571. The Morgan fingerprint density at radius 1 is 1.33 bits per heavy atom. The van der Waals surface area contributed by atoms with Crippen molar-refractivity contribution in [2.75, 3.05) is 0 Å². The van der Waals surface area contributed by atoms with Gasteiger partial charge in [-0.1, -0.05) is 29.3 Å². The van der Waals surface area contributed by atoms with E-state index in [2.05, 4.69) is 4.98 Å². The Hall–Kier alpha value is 0.310. The molecule has 0 unspecified atom stereocenters. The van der Waals surface area contributed by atoms with Crippen molar-refractivity contribution in [3.63, 3.8) is 0 Å². The normalized spacial score (nSPS) is 9.67. The molecule has 0 N–H and O–H groups in total. The minimum absolute atomic E-state index is 0. The van der Waals surface area contributed by atoms with Crippen molar-refractivity contribution in [2.45, 2.75) is 10.7 Å².